The number of hydrogen-bond donors (Lipinski definition) is 1. The van der Waals surface area contributed by atoms with Crippen LogP contribution in [0.25, 0.3) is 11.3 Å². The first-order valence-electron chi connectivity index (χ1n) is 5.98. The summed E-state index contributed by atoms with van der Waals surface area (Å²) in [7, 11) is 2.34. The van der Waals surface area contributed by atoms with Gasteiger partial charge in [-0.25, -0.2) is 18.6 Å². The summed E-state index contributed by atoms with van der Waals surface area (Å²) in [4.78, 5) is 15.5. The van der Waals surface area contributed by atoms with Crippen LogP contribution in [0.4, 0.5) is 14.5 Å². The summed E-state index contributed by atoms with van der Waals surface area (Å²) in [6.07, 6.45) is 0. The molecule has 0 atom stereocenters. The van der Waals surface area contributed by atoms with Gasteiger partial charge in [-0.2, -0.15) is 0 Å². The Kier molecular flexibility index (Phi) is 4.46. The van der Waals surface area contributed by atoms with Crippen LogP contribution in [0.2, 0.25) is 5.02 Å². The van der Waals surface area contributed by atoms with Crippen LogP contribution in [0.15, 0.2) is 18.2 Å². The average Bonchev–Trinajstić information content (AvgIpc) is 2.52. The zero-order valence-corrected chi connectivity index (χ0v) is 12.4. The maximum atomic E-state index is 14.3. The van der Waals surface area contributed by atoms with E-state index in [1.54, 1.807) is 0 Å². The number of esters is 1. The van der Waals surface area contributed by atoms with E-state index in [2.05, 4.69) is 9.72 Å². The smallest absolute Gasteiger partial charge is 0.358 e. The molecule has 1 aromatic carbocycles. The lowest BCUT2D eigenvalue weighted by Crippen LogP contribution is -2.10. The Morgan fingerprint density at radius 2 is 2.00 bits per heavy atom. The van der Waals surface area contributed by atoms with E-state index in [-0.39, 0.29) is 27.7 Å². The predicted octanol–water partition coefficient (Wildman–Crippen LogP) is 3.06. The molecule has 0 aliphatic rings. The number of benzene rings is 1. The van der Waals surface area contributed by atoms with Crippen molar-refractivity contribution in [2.24, 2.45) is 0 Å². The molecule has 0 aliphatic heterocycles. The Bertz CT molecular complexity index is 753. The molecule has 2 N–H and O–H groups in total. The molecule has 1 aromatic heterocycles. The predicted molar refractivity (Wildman–Crippen MR) is 76.9 cm³/mol. The van der Waals surface area contributed by atoms with Crippen molar-refractivity contribution in [3.63, 3.8) is 0 Å². The Morgan fingerprint density at radius 1 is 1.32 bits per heavy atom. The SMILES string of the molecule is COC(=O)c1nc(-c2cccc(F)c2OC)c(F)c(N)c1Cl. The van der Waals surface area contributed by atoms with Crippen LogP contribution in [0.1, 0.15) is 10.5 Å². The molecule has 8 heteroatoms. The highest BCUT2D eigenvalue weighted by atomic mass is 35.5. The molecule has 5 nitrogen and oxygen atoms in total. The van der Waals surface area contributed by atoms with Gasteiger partial charge in [0.1, 0.15) is 5.69 Å². The van der Waals surface area contributed by atoms with E-state index >= 15 is 0 Å². The minimum atomic E-state index is -0.985. The first-order valence-corrected chi connectivity index (χ1v) is 6.35. The summed E-state index contributed by atoms with van der Waals surface area (Å²) in [5, 5.41) is -0.372. The standard InChI is InChI=1S/C14H11ClF2N2O3/c1-21-13-6(4-3-5-7(13)16)11-9(17)10(18)8(15)12(19-11)14(20)22-2/h3-5H,1-2H3,(H2,18,19). The van der Waals surface area contributed by atoms with Crippen LogP contribution in [0, 0.1) is 11.6 Å². The third-order valence-corrected chi connectivity index (χ3v) is 3.30. The number of carbonyl (C=O) groups excluding carboxylic acids is 1. The molecule has 0 saturated heterocycles. The Hall–Kier alpha value is -2.41. The number of pyridine rings is 1. The van der Waals surface area contributed by atoms with Crippen LogP contribution in [-0.2, 0) is 4.74 Å². The number of para-hydroxylation sites is 1. The number of carbonyl (C=O) groups is 1. The fourth-order valence-electron chi connectivity index (χ4n) is 1.87. The molecule has 1 heterocycles. The quantitative estimate of drug-likeness (QED) is 0.876. The summed E-state index contributed by atoms with van der Waals surface area (Å²) in [5.41, 5.74) is 4.33. The van der Waals surface area contributed by atoms with E-state index < -0.39 is 23.3 Å². The van der Waals surface area contributed by atoms with Gasteiger partial charge in [0.15, 0.2) is 23.1 Å². The van der Waals surface area contributed by atoms with Crippen molar-refractivity contribution in [2.45, 2.75) is 0 Å². The van der Waals surface area contributed by atoms with Gasteiger partial charge in [0.25, 0.3) is 0 Å². The molecule has 0 bridgehead atoms. The first-order chi connectivity index (χ1) is 10.4. The van der Waals surface area contributed by atoms with Crippen LogP contribution in [0.3, 0.4) is 0 Å². The lowest BCUT2D eigenvalue weighted by atomic mass is 10.1. The Labute approximate surface area is 129 Å². The monoisotopic (exact) mass is 328 g/mol. The number of anilines is 1. The van der Waals surface area contributed by atoms with E-state index in [4.69, 9.17) is 22.1 Å². The number of aromatic nitrogens is 1. The highest BCUT2D eigenvalue weighted by Crippen LogP contribution is 2.37. The van der Waals surface area contributed by atoms with Crippen molar-refractivity contribution < 1.29 is 23.0 Å². The highest BCUT2D eigenvalue weighted by Gasteiger charge is 2.25. The molecule has 22 heavy (non-hydrogen) atoms. The maximum absolute atomic E-state index is 14.3. The van der Waals surface area contributed by atoms with E-state index in [9.17, 15) is 13.6 Å². The topological polar surface area (TPSA) is 74.4 Å². The van der Waals surface area contributed by atoms with Gasteiger partial charge in [0.2, 0.25) is 0 Å². The molecule has 0 unspecified atom stereocenters. The van der Waals surface area contributed by atoms with Crippen LogP contribution < -0.4 is 10.5 Å². The van der Waals surface area contributed by atoms with Crippen molar-refractivity contribution in [2.75, 3.05) is 20.0 Å². The highest BCUT2D eigenvalue weighted by molar-refractivity contribution is 6.35. The van der Waals surface area contributed by atoms with Gasteiger partial charge in [-0.1, -0.05) is 17.7 Å². The third kappa shape index (κ3) is 2.55. The van der Waals surface area contributed by atoms with Gasteiger partial charge in [-0.05, 0) is 12.1 Å². The minimum absolute atomic E-state index is 0.00600. The van der Waals surface area contributed by atoms with Gasteiger partial charge in [-0.3, -0.25) is 0 Å². The first kappa shape index (κ1) is 16.0. The number of hydrogen-bond acceptors (Lipinski definition) is 5. The van der Waals surface area contributed by atoms with Crippen molar-refractivity contribution in [3.8, 4) is 17.0 Å². The summed E-state index contributed by atoms with van der Waals surface area (Å²) in [6.45, 7) is 0. The van der Waals surface area contributed by atoms with E-state index in [0.29, 0.717) is 0 Å². The Morgan fingerprint density at radius 3 is 2.59 bits per heavy atom. The van der Waals surface area contributed by atoms with Crippen molar-refractivity contribution >= 4 is 23.3 Å². The molecule has 2 aromatic rings. The van der Waals surface area contributed by atoms with E-state index in [1.807, 2.05) is 0 Å². The summed E-state index contributed by atoms with van der Waals surface area (Å²) < 4.78 is 37.5. The van der Waals surface area contributed by atoms with Crippen molar-refractivity contribution in [1.29, 1.82) is 0 Å². The second-order valence-electron chi connectivity index (χ2n) is 4.16. The molecular weight excluding hydrogens is 318 g/mol. The lowest BCUT2D eigenvalue weighted by Gasteiger charge is -2.13. The molecule has 0 saturated carbocycles. The van der Waals surface area contributed by atoms with Crippen molar-refractivity contribution in [3.05, 3.63) is 40.6 Å². The van der Waals surface area contributed by atoms with Gasteiger partial charge in [0.05, 0.1) is 24.9 Å². The van der Waals surface area contributed by atoms with Gasteiger partial charge >= 0.3 is 5.97 Å². The second-order valence-corrected chi connectivity index (χ2v) is 4.54. The fraction of sp³-hybridized carbons (Fsp3) is 0.143. The maximum Gasteiger partial charge on any atom is 0.358 e. The van der Waals surface area contributed by atoms with Crippen molar-refractivity contribution in [1.82, 2.24) is 4.98 Å². The van der Waals surface area contributed by atoms with E-state index in [0.717, 1.165) is 13.2 Å². The zero-order valence-electron chi connectivity index (χ0n) is 11.6. The molecule has 0 spiro atoms. The fourth-order valence-corrected chi connectivity index (χ4v) is 2.08. The molecule has 0 aliphatic carbocycles. The summed E-state index contributed by atoms with van der Waals surface area (Å²) in [6, 6.07) is 3.86. The minimum Gasteiger partial charge on any atom is -0.493 e. The zero-order chi connectivity index (χ0) is 16.4. The number of nitrogens with two attached hydrogens (primary N) is 1. The average molecular weight is 329 g/mol. The largest absolute Gasteiger partial charge is 0.493 e. The van der Waals surface area contributed by atoms with Crippen LogP contribution in [0.5, 0.6) is 5.75 Å². The number of halogens is 3. The molecule has 116 valence electrons. The molecule has 0 fully saturated rings. The number of nitrogens with zero attached hydrogens (tertiary/aromatic N) is 1. The van der Waals surface area contributed by atoms with Gasteiger partial charge in [0, 0.05) is 5.56 Å². The number of rotatable bonds is 3. The Balaban J connectivity index is 2.79. The summed E-state index contributed by atoms with van der Waals surface area (Å²) in [5.74, 6) is -2.82. The van der Waals surface area contributed by atoms with Gasteiger partial charge in [-0.15, -0.1) is 0 Å². The number of ether oxygens (including phenoxy) is 2. The molecular formula is C14H11ClF2N2O3. The molecule has 0 radical (unpaired) electrons. The normalized spacial score (nSPS) is 10.4. The van der Waals surface area contributed by atoms with Crippen LogP contribution >= 0.6 is 11.6 Å². The molecule has 2 rings (SSSR count). The number of nitrogen functional groups attached to an aromatic ring is 1. The second kappa shape index (κ2) is 6.15. The van der Waals surface area contributed by atoms with Gasteiger partial charge < -0.3 is 15.2 Å². The lowest BCUT2D eigenvalue weighted by molar-refractivity contribution is 0.0594. The number of methoxy groups -OCH3 is 2. The summed E-state index contributed by atoms with van der Waals surface area (Å²) >= 11 is 5.80. The van der Waals surface area contributed by atoms with E-state index in [1.165, 1.54) is 19.2 Å². The molecule has 0 amide bonds. The van der Waals surface area contributed by atoms with Crippen LogP contribution in [-0.4, -0.2) is 25.2 Å². The third-order valence-electron chi connectivity index (χ3n) is 2.92.